The molecule has 1 aliphatic heterocycles. The number of amides is 1. The van der Waals surface area contributed by atoms with Gasteiger partial charge in [-0.3, -0.25) is 4.79 Å². The lowest BCUT2D eigenvalue weighted by Crippen LogP contribution is -2.50. The Balaban J connectivity index is 2.50. The highest BCUT2D eigenvalue weighted by atomic mass is 79.9. The quantitative estimate of drug-likeness (QED) is 0.860. The first kappa shape index (κ1) is 14.5. The number of rotatable bonds is 1. The zero-order valence-electron chi connectivity index (χ0n) is 12.0. The van der Waals surface area contributed by atoms with Crippen molar-refractivity contribution in [1.29, 1.82) is 0 Å². The van der Waals surface area contributed by atoms with E-state index in [4.69, 9.17) is 0 Å². The summed E-state index contributed by atoms with van der Waals surface area (Å²) < 4.78 is 0.975. The molecule has 1 heterocycles. The molecule has 1 atom stereocenters. The molecular formula is C15H21BrN2O. The maximum absolute atomic E-state index is 12.6. The van der Waals surface area contributed by atoms with Gasteiger partial charge in [-0.05, 0) is 74.3 Å². The van der Waals surface area contributed by atoms with Crippen LogP contribution in [0.15, 0.2) is 22.7 Å². The number of aryl methyl sites for hydroxylation is 1. The summed E-state index contributed by atoms with van der Waals surface area (Å²) in [6.45, 7) is 9.08. The zero-order chi connectivity index (χ0) is 14.2. The Labute approximate surface area is 123 Å². The lowest BCUT2D eigenvalue weighted by molar-refractivity contribution is -0.120. The molecule has 2 rings (SSSR count). The third-order valence-electron chi connectivity index (χ3n) is 3.73. The van der Waals surface area contributed by atoms with Gasteiger partial charge in [0.25, 0.3) is 0 Å². The van der Waals surface area contributed by atoms with Crippen molar-refractivity contribution in [3.63, 3.8) is 0 Å². The van der Waals surface area contributed by atoms with Crippen LogP contribution >= 0.6 is 15.9 Å². The van der Waals surface area contributed by atoms with Gasteiger partial charge in [0.2, 0.25) is 5.91 Å². The molecule has 19 heavy (non-hydrogen) atoms. The largest absolute Gasteiger partial charge is 0.306 e. The van der Waals surface area contributed by atoms with Gasteiger partial charge in [-0.1, -0.05) is 6.07 Å². The van der Waals surface area contributed by atoms with E-state index in [2.05, 4.69) is 41.2 Å². The van der Waals surface area contributed by atoms with E-state index in [0.717, 1.165) is 23.1 Å². The summed E-state index contributed by atoms with van der Waals surface area (Å²) in [7, 11) is 0. The molecule has 0 spiro atoms. The summed E-state index contributed by atoms with van der Waals surface area (Å²) in [6.07, 6.45) is 0.934. The van der Waals surface area contributed by atoms with Crippen LogP contribution in [0.2, 0.25) is 0 Å². The number of carbonyl (C=O) groups excluding carboxylic acids is 1. The monoisotopic (exact) mass is 324 g/mol. The Morgan fingerprint density at radius 2 is 2.11 bits per heavy atom. The van der Waals surface area contributed by atoms with Gasteiger partial charge in [0.05, 0.1) is 11.7 Å². The smallest absolute Gasteiger partial charge is 0.244 e. The summed E-state index contributed by atoms with van der Waals surface area (Å²) in [6, 6.07) is 5.99. The Hall–Kier alpha value is -0.870. The minimum absolute atomic E-state index is 0.132. The van der Waals surface area contributed by atoms with Gasteiger partial charge in [-0.15, -0.1) is 0 Å². The summed E-state index contributed by atoms with van der Waals surface area (Å²) in [4.78, 5) is 14.6. The molecule has 0 aromatic heterocycles. The molecule has 1 unspecified atom stereocenters. The summed E-state index contributed by atoms with van der Waals surface area (Å²) in [5.41, 5.74) is 1.95. The van der Waals surface area contributed by atoms with Gasteiger partial charge in [-0.2, -0.15) is 0 Å². The number of carbonyl (C=O) groups is 1. The number of nitrogens with one attached hydrogen (secondary N) is 1. The number of hydrogen-bond donors (Lipinski definition) is 1. The van der Waals surface area contributed by atoms with E-state index in [1.165, 1.54) is 5.56 Å². The number of anilines is 1. The minimum atomic E-state index is -0.188. The third kappa shape index (κ3) is 2.84. The van der Waals surface area contributed by atoms with E-state index < -0.39 is 0 Å². The Morgan fingerprint density at radius 1 is 1.42 bits per heavy atom. The average Bonchev–Trinajstić information content (AvgIpc) is 2.39. The lowest BCUT2D eigenvalue weighted by atomic mass is 9.97. The highest BCUT2D eigenvalue weighted by Gasteiger charge is 2.37. The molecule has 1 N–H and O–H groups in total. The fraction of sp³-hybridized carbons (Fsp3) is 0.533. The molecule has 1 aliphatic rings. The fourth-order valence-electron chi connectivity index (χ4n) is 2.52. The summed E-state index contributed by atoms with van der Waals surface area (Å²) >= 11 is 3.59. The topological polar surface area (TPSA) is 32.3 Å². The van der Waals surface area contributed by atoms with Crippen molar-refractivity contribution in [2.24, 2.45) is 0 Å². The van der Waals surface area contributed by atoms with Crippen LogP contribution in [0.5, 0.6) is 0 Å². The van der Waals surface area contributed by atoms with E-state index in [9.17, 15) is 4.79 Å². The highest BCUT2D eigenvalue weighted by Crippen LogP contribution is 2.35. The van der Waals surface area contributed by atoms with Crippen LogP contribution in [-0.2, 0) is 4.79 Å². The number of benzene rings is 1. The van der Waals surface area contributed by atoms with E-state index in [1.54, 1.807) is 0 Å². The molecule has 104 valence electrons. The van der Waals surface area contributed by atoms with Crippen molar-refractivity contribution in [1.82, 2.24) is 5.32 Å². The predicted molar refractivity (Wildman–Crippen MR) is 82.5 cm³/mol. The van der Waals surface area contributed by atoms with Crippen molar-refractivity contribution >= 4 is 27.5 Å². The predicted octanol–water partition coefficient (Wildman–Crippen LogP) is 3.25. The van der Waals surface area contributed by atoms with Gasteiger partial charge in [-0.25, -0.2) is 0 Å². The minimum Gasteiger partial charge on any atom is -0.306 e. The van der Waals surface area contributed by atoms with E-state index in [1.807, 2.05) is 30.9 Å². The van der Waals surface area contributed by atoms with E-state index >= 15 is 0 Å². The number of halogens is 1. The highest BCUT2D eigenvalue weighted by molar-refractivity contribution is 9.10. The molecule has 3 nitrogen and oxygen atoms in total. The maximum atomic E-state index is 12.6. The first-order valence-electron chi connectivity index (χ1n) is 6.66. The van der Waals surface area contributed by atoms with E-state index in [-0.39, 0.29) is 17.5 Å². The molecule has 0 radical (unpaired) electrons. The van der Waals surface area contributed by atoms with Crippen LogP contribution in [-0.4, -0.2) is 24.0 Å². The van der Waals surface area contributed by atoms with Crippen LogP contribution in [0.1, 0.15) is 32.8 Å². The second kappa shape index (κ2) is 5.25. The molecule has 1 amide bonds. The van der Waals surface area contributed by atoms with Crippen molar-refractivity contribution in [3.05, 3.63) is 28.2 Å². The fourth-order valence-corrected chi connectivity index (χ4v) is 3.19. The normalized spacial score (nSPS) is 23.3. The van der Waals surface area contributed by atoms with Gasteiger partial charge in [0.15, 0.2) is 0 Å². The Kier molecular flexibility index (Phi) is 4.02. The maximum Gasteiger partial charge on any atom is 0.244 e. The molecule has 1 fully saturated rings. The summed E-state index contributed by atoms with van der Waals surface area (Å²) in [5.74, 6) is 0.132. The van der Waals surface area contributed by atoms with Crippen LogP contribution in [0, 0.1) is 6.92 Å². The van der Waals surface area contributed by atoms with Gasteiger partial charge >= 0.3 is 0 Å². The molecule has 0 saturated carbocycles. The van der Waals surface area contributed by atoms with Crippen molar-refractivity contribution < 1.29 is 4.79 Å². The van der Waals surface area contributed by atoms with Gasteiger partial charge < -0.3 is 10.2 Å². The van der Waals surface area contributed by atoms with Crippen molar-refractivity contribution in [3.8, 4) is 0 Å². The first-order chi connectivity index (χ1) is 8.83. The third-order valence-corrected chi connectivity index (χ3v) is 4.36. The Morgan fingerprint density at radius 3 is 2.74 bits per heavy atom. The Bertz CT molecular complexity index is 499. The molecule has 1 saturated heterocycles. The van der Waals surface area contributed by atoms with Gasteiger partial charge in [0.1, 0.15) is 0 Å². The van der Waals surface area contributed by atoms with Crippen molar-refractivity contribution in [2.75, 3.05) is 11.4 Å². The molecule has 0 bridgehead atoms. The van der Waals surface area contributed by atoms with Crippen LogP contribution < -0.4 is 10.2 Å². The second-order valence-electron chi connectivity index (χ2n) is 5.87. The number of hydrogen-bond acceptors (Lipinski definition) is 2. The van der Waals surface area contributed by atoms with Crippen LogP contribution in [0.25, 0.3) is 0 Å². The van der Waals surface area contributed by atoms with Crippen LogP contribution in [0.3, 0.4) is 0 Å². The molecule has 1 aromatic rings. The van der Waals surface area contributed by atoms with Crippen LogP contribution in [0.4, 0.5) is 5.69 Å². The molecule has 0 aliphatic carbocycles. The summed E-state index contributed by atoms with van der Waals surface area (Å²) in [5, 5.41) is 3.27. The van der Waals surface area contributed by atoms with E-state index in [0.29, 0.717) is 0 Å². The molecular weight excluding hydrogens is 304 g/mol. The molecule has 4 heteroatoms. The second-order valence-corrected chi connectivity index (χ2v) is 6.72. The average molecular weight is 325 g/mol. The standard InChI is InChI=1S/C15H21BrN2O/c1-10-5-6-13(12(16)9-10)18-14(19)11(2)17-8-7-15(18,3)4/h5-6,9,11,17H,7-8H2,1-4H3. The molecule has 1 aromatic carbocycles. The zero-order valence-corrected chi connectivity index (χ0v) is 13.5. The van der Waals surface area contributed by atoms with Gasteiger partial charge in [0, 0.05) is 10.0 Å². The number of nitrogens with zero attached hydrogens (tertiary/aromatic N) is 1. The SMILES string of the molecule is Cc1ccc(N2C(=O)C(C)NCCC2(C)C)c(Br)c1. The van der Waals surface area contributed by atoms with Crippen molar-refractivity contribution in [2.45, 2.75) is 45.7 Å². The lowest BCUT2D eigenvalue weighted by Gasteiger charge is -2.38. The first-order valence-corrected chi connectivity index (χ1v) is 7.46.